The molecule has 0 bridgehead atoms. The van der Waals surface area contributed by atoms with Gasteiger partial charge in [0.05, 0.1) is 6.61 Å². The Hall–Kier alpha value is -0.486. The molecule has 0 unspecified atom stereocenters. The van der Waals surface area contributed by atoms with Gasteiger partial charge in [-0.3, -0.25) is 4.79 Å². The van der Waals surface area contributed by atoms with Crippen LogP contribution < -0.4 is 10.3 Å². The minimum Gasteiger partial charge on any atom is -0.491 e. The maximum absolute atomic E-state index is 12.2. The molecule has 1 aromatic heterocycles. The summed E-state index contributed by atoms with van der Waals surface area (Å²) in [6.07, 6.45) is 0. The van der Waals surface area contributed by atoms with Crippen LogP contribution in [-0.2, 0) is 44.0 Å². The molecule has 1 heterocycles. The number of hydrogen-bond donors (Lipinski definition) is 0. The van der Waals surface area contributed by atoms with E-state index in [4.69, 9.17) is 9.47 Å². The van der Waals surface area contributed by atoms with Crippen LogP contribution in [0.5, 0.6) is 5.75 Å². The van der Waals surface area contributed by atoms with Crippen LogP contribution >= 0.6 is 15.9 Å². The topological polar surface area (TPSA) is 40.5 Å². The molecule has 0 fully saturated rings. The van der Waals surface area contributed by atoms with E-state index in [1.807, 2.05) is 32.0 Å². The SMILES string of the molecule is CCn1c(-c2ccc(OCCOC)cc2C)[c-]cc(Br)c1=O.[Y]. The van der Waals surface area contributed by atoms with Crippen molar-refractivity contribution >= 4 is 15.9 Å². The Bertz CT molecular complexity index is 715. The van der Waals surface area contributed by atoms with Gasteiger partial charge in [-0.15, -0.1) is 22.0 Å². The molecule has 4 nitrogen and oxygen atoms in total. The van der Waals surface area contributed by atoms with Crippen molar-refractivity contribution in [2.45, 2.75) is 20.4 Å². The molecule has 1 radical (unpaired) electrons. The summed E-state index contributed by atoms with van der Waals surface area (Å²) in [5.74, 6) is 0.792. The van der Waals surface area contributed by atoms with Gasteiger partial charge in [-0.2, -0.15) is 12.1 Å². The molecule has 0 atom stereocenters. The van der Waals surface area contributed by atoms with Crippen LogP contribution in [0.3, 0.4) is 0 Å². The molecule has 0 N–H and O–H groups in total. The van der Waals surface area contributed by atoms with E-state index < -0.39 is 0 Å². The summed E-state index contributed by atoms with van der Waals surface area (Å²) >= 11 is 3.26. The molecule has 0 aliphatic rings. The number of rotatable bonds is 6. The van der Waals surface area contributed by atoms with Crippen LogP contribution in [0.1, 0.15) is 12.5 Å². The third kappa shape index (κ3) is 4.99. The smallest absolute Gasteiger partial charge is 0.208 e. The number of benzene rings is 1. The van der Waals surface area contributed by atoms with Gasteiger partial charge in [0.1, 0.15) is 12.4 Å². The molecule has 0 aliphatic heterocycles. The second kappa shape index (κ2) is 9.72. The first-order valence-electron chi connectivity index (χ1n) is 7.12. The number of pyridine rings is 1. The maximum Gasteiger partial charge on any atom is 0.208 e. The fraction of sp³-hybridized carbons (Fsp3) is 0.353. The Labute approximate surface area is 170 Å². The summed E-state index contributed by atoms with van der Waals surface area (Å²) in [5.41, 5.74) is 2.76. The summed E-state index contributed by atoms with van der Waals surface area (Å²) in [6, 6.07) is 10.7. The van der Waals surface area contributed by atoms with E-state index in [1.165, 1.54) is 0 Å². The van der Waals surface area contributed by atoms with Crippen LogP contribution in [0.4, 0.5) is 0 Å². The van der Waals surface area contributed by atoms with Crippen LogP contribution in [0.25, 0.3) is 11.3 Å². The molecule has 0 amide bonds. The van der Waals surface area contributed by atoms with Gasteiger partial charge in [0.25, 0.3) is 0 Å². The number of aromatic nitrogens is 1. The Kier molecular flexibility index (Phi) is 8.69. The minimum absolute atomic E-state index is 0. The largest absolute Gasteiger partial charge is 0.491 e. The summed E-state index contributed by atoms with van der Waals surface area (Å²) in [7, 11) is 1.64. The van der Waals surface area contributed by atoms with Gasteiger partial charge in [0.15, 0.2) is 0 Å². The molecule has 0 saturated carbocycles. The molecular weight excluding hydrogens is 435 g/mol. The number of hydrogen-bond acceptors (Lipinski definition) is 3. The zero-order chi connectivity index (χ0) is 16.1. The zero-order valence-corrected chi connectivity index (χ0v) is 18.0. The van der Waals surface area contributed by atoms with Crippen molar-refractivity contribution in [2.75, 3.05) is 20.3 Å². The van der Waals surface area contributed by atoms with E-state index in [-0.39, 0.29) is 38.3 Å². The Morgan fingerprint density at radius 3 is 2.65 bits per heavy atom. The Morgan fingerprint density at radius 2 is 2.04 bits per heavy atom. The van der Waals surface area contributed by atoms with Crippen LogP contribution in [-0.4, -0.2) is 24.9 Å². The first-order valence-corrected chi connectivity index (χ1v) is 7.91. The van der Waals surface area contributed by atoms with Gasteiger partial charge in [-0.1, -0.05) is 23.7 Å². The van der Waals surface area contributed by atoms with Gasteiger partial charge in [0, 0.05) is 46.4 Å². The summed E-state index contributed by atoms with van der Waals surface area (Å²) in [6.45, 7) is 5.60. The Balaban J connectivity index is 0.00000264. The molecule has 1 aromatic carbocycles. The normalized spacial score (nSPS) is 10.3. The predicted molar refractivity (Wildman–Crippen MR) is 90.5 cm³/mol. The Morgan fingerprint density at radius 1 is 1.30 bits per heavy atom. The quantitative estimate of drug-likeness (QED) is 0.497. The van der Waals surface area contributed by atoms with Gasteiger partial charge >= 0.3 is 0 Å². The van der Waals surface area contributed by atoms with Gasteiger partial charge in [0.2, 0.25) is 5.56 Å². The van der Waals surface area contributed by atoms with Crippen LogP contribution in [0, 0.1) is 13.0 Å². The summed E-state index contributed by atoms with van der Waals surface area (Å²) in [5, 5.41) is 0. The monoisotopic (exact) mass is 453 g/mol. The van der Waals surface area contributed by atoms with E-state index in [2.05, 4.69) is 22.0 Å². The number of aryl methyl sites for hydroxylation is 1. The average molecular weight is 454 g/mol. The van der Waals surface area contributed by atoms with Gasteiger partial charge in [-0.25, -0.2) is 0 Å². The molecule has 23 heavy (non-hydrogen) atoms. The third-order valence-electron chi connectivity index (χ3n) is 3.38. The van der Waals surface area contributed by atoms with E-state index >= 15 is 0 Å². The van der Waals surface area contributed by atoms with E-state index in [1.54, 1.807) is 17.7 Å². The number of methoxy groups -OCH3 is 1. The van der Waals surface area contributed by atoms with Gasteiger partial charge < -0.3 is 14.0 Å². The summed E-state index contributed by atoms with van der Waals surface area (Å²) in [4.78, 5) is 12.2. The van der Waals surface area contributed by atoms with Crippen molar-refractivity contribution in [1.82, 2.24) is 4.57 Å². The molecular formula is C17H19BrNO3Y-. The summed E-state index contributed by atoms with van der Waals surface area (Å²) < 4.78 is 12.8. The van der Waals surface area contributed by atoms with Crippen molar-refractivity contribution in [3.63, 3.8) is 0 Å². The molecule has 2 rings (SSSR count). The number of halogens is 1. The van der Waals surface area contributed by atoms with Crippen molar-refractivity contribution in [3.8, 4) is 17.0 Å². The molecule has 2 aromatic rings. The number of nitrogens with zero attached hydrogens (tertiary/aromatic N) is 1. The first-order chi connectivity index (χ1) is 10.6. The fourth-order valence-corrected chi connectivity index (χ4v) is 2.59. The van der Waals surface area contributed by atoms with Crippen molar-refractivity contribution in [2.24, 2.45) is 0 Å². The standard InChI is InChI=1S/C17H19BrNO3.Y/c1-4-19-16(8-7-15(18)17(19)20)14-6-5-13(11-12(14)2)22-10-9-21-3;/h5-7,11H,4,9-10H2,1-3H3;/q-1;. The van der Waals surface area contributed by atoms with E-state index in [9.17, 15) is 4.79 Å². The third-order valence-corrected chi connectivity index (χ3v) is 3.95. The van der Waals surface area contributed by atoms with Crippen molar-refractivity contribution < 1.29 is 42.2 Å². The zero-order valence-electron chi connectivity index (χ0n) is 13.6. The van der Waals surface area contributed by atoms with E-state index in [0.29, 0.717) is 24.2 Å². The molecule has 0 saturated heterocycles. The van der Waals surface area contributed by atoms with Gasteiger partial charge in [-0.05, 0) is 23.5 Å². The molecule has 0 spiro atoms. The van der Waals surface area contributed by atoms with Crippen LogP contribution in [0.15, 0.2) is 33.5 Å². The predicted octanol–water partition coefficient (Wildman–Crippen LogP) is 3.43. The molecule has 0 aliphatic carbocycles. The number of ether oxygens (including phenoxy) is 2. The molecule has 121 valence electrons. The first kappa shape index (κ1) is 20.6. The average Bonchev–Trinajstić information content (AvgIpc) is 2.51. The second-order valence-corrected chi connectivity index (χ2v) is 5.71. The van der Waals surface area contributed by atoms with Crippen molar-refractivity contribution in [1.29, 1.82) is 0 Å². The van der Waals surface area contributed by atoms with Crippen molar-refractivity contribution in [3.05, 3.63) is 50.7 Å². The second-order valence-electron chi connectivity index (χ2n) is 4.85. The van der Waals surface area contributed by atoms with E-state index in [0.717, 1.165) is 22.6 Å². The minimum atomic E-state index is -0.0453. The molecule has 6 heteroatoms. The van der Waals surface area contributed by atoms with Crippen LogP contribution in [0.2, 0.25) is 0 Å². The maximum atomic E-state index is 12.2. The fourth-order valence-electron chi connectivity index (χ4n) is 2.26.